The minimum atomic E-state index is -0.0181. The van der Waals surface area contributed by atoms with Gasteiger partial charge in [-0.15, -0.1) is 10.2 Å². The Hall–Kier alpha value is -3.66. The highest BCUT2D eigenvalue weighted by molar-refractivity contribution is 5.94. The summed E-state index contributed by atoms with van der Waals surface area (Å²) >= 11 is 0. The van der Waals surface area contributed by atoms with Crippen molar-refractivity contribution in [1.82, 2.24) is 19.7 Å². The predicted octanol–water partition coefficient (Wildman–Crippen LogP) is 4.43. The third-order valence-electron chi connectivity index (χ3n) is 6.51. The maximum atomic E-state index is 13.5. The molecule has 2 aromatic carbocycles. The molecular formula is C26H27N5O2. The van der Waals surface area contributed by atoms with E-state index < -0.39 is 0 Å². The van der Waals surface area contributed by atoms with Crippen molar-refractivity contribution < 1.29 is 9.53 Å². The molecule has 1 amide bonds. The number of amides is 1. The van der Waals surface area contributed by atoms with E-state index in [0.717, 1.165) is 62.4 Å². The van der Waals surface area contributed by atoms with Crippen molar-refractivity contribution in [2.45, 2.75) is 57.7 Å². The zero-order valence-electron chi connectivity index (χ0n) is 18.6. The molecular weight excluding hydrogens is 414 g/mol. The Balaban J connectivity index is 1.31. The summed E-state index contributed by atoms with van der Waals surface area (Å²) in [5.74, 6) is 2.73. The monoisotopic (exact) mass is 441 g/mol. The molecule has 0 aliphatic carbocycles. The van der Waals surface area contributed by atoms with E-state index in [4.69, 9.17) is 10.00 Å². The van der Waals surface area contributed by atoms with E-state index in [9.17, 15) is 4.79 Å². The van der Waals surface area contributed by atoms with Gasteiger partial charge in [-0.25, -0.2) is 0 Å². The van der Waals surface area contributed by atoms with E-state index in [-0.39, 0.29) is 11.9 Å². The van der Waals surface area contributed by atoms with E-state index in [0.29, 0.717) is 23.5 Å². The van der Waals surface area contributed by atoms with Gasteiger partial charge in [-0.2, -0.15) is 5.26 Å². The number of fused-ring (bicyclic) bond motifs is 1. The first kappa shape index (κ1) is 21.2. The number of aromatic nitrogens is 3. The summed E-state index contributed by atoms with van der Waals surface area (Å²) in [6.45, 7) is 2.03. The molecule has 0 saturated carbocycles. The normalized spacial score (nSPS) is 17.8. The van der Waals surface area contributed by atoms with Crippen molar-refractivity contribution in [3.63, 3.8) is 0 Å². The summed E-state index contributed by atoms with van der Waals surface area (Å²) in [6.07, 6.45) is 6.37. The molecule has 5 rings (SSSR count). The van der Waals surface area contributed by atoms with Crippen LogP contribution >= 0.6 is 0 Å². The molecule has 3 heterocycles. The first-order valence-electron chi connectivity index (χ1n) is 11.7. The topological polar surface area (TPSA) is 84.0 Å². The number of likely N-dealkylation sites (tertiary alicyclic amines) is 1. The lowest BCUT2D eigenvalue weighted by Crippen LogP contribution is -2.32. The van der Waals surface area contributed by atoms with Gasteiger partial charge >= 0.3 is 0 Å². The molecule has 3 aromatic rings. The van der Waals surface area contributed by atoms with Gasteiger partial charge in [0.25, 0.3) is 5.91 Å². The lowest BCUT2D eigenvalue weighted by atomic mass is 10.1. The van der Waals surface area contributed by atoms with E-state index in [1.165, 1.54) is 6.42 Å². The third-order valence-corrected chi connectivity index (χ3v) is 6.51. The maximum Gasteiger partial charge on any atom is 0.254 e. The third kappa shape index (κ3) is 4.47. The molecule has 7 heteroatoms. The van der Waals surface area contributed by atoms with Crippen molar-refractivity contribution in [3.8, 4) is 11.8 Å². The van der Waals surface area contributed by atoms with Crippen LogP contribution in [0.15, 0.2) is 48.5 Å². The Morgan fingerprint density at radius 3 is 2.79 bits per heavy atom. The van der Waals surface area contributed by atoms with Crippen LogP contribution in [0.2, 0.25) is 0 Å². The van der Waals surface area contributed by atoms with Crippen LogP contribution in [-0.4, -0.2) is 32.1 Å². The number of hydrogen-bond acceptors (Lipinski definition) is 5. The molecule has 33 heavy (non-hydrogen) atoms. The minimum absolute atomic E-state index is 0.0181. The van der Waals surface area contributed by atoms with Crippen molar-refractivity contribution in [3.05, 3.63) is 76.9 Å². The molecule has 0 bridgehead atoms. The molecule has 7 nitrogen and oxygen atoms in total. The number of carbonyl (C=O) groups is 1. The summed E-state index contributed by atoms with van der Waals surface area (Å²) in [5.41, 5.74) is 2.19. The SMILES string of the molecule is N#Cc1ccc(OCc2cccc(C(=O)N3CCCC3c3nnc4n3CCCCC4)c2)cc1. The molecule has 1 atom stereocenters. The average molecular weight is 442 g/mol. The predicted molar refractivity (Wildman–Crippen MR) is 123 cm³/mol. The summed E-state index contributed by atoms with van der Waals surface area (Å²) in [4.78, 5) is 15.4. The summed E-state index contributed by atoms with van der Waals surface area (Å²) in [7, 11) is 0. The molecule has 2 aliphatic heterocycles. The van der Waals surface area contributed by atoms with Crippen LogP contribution in [0.1, 0.15) is 71.3 Å². The first-order valence-corrected chi connectivity index (χ1v) is 11.7. The van der Waals surface area contributed by atoms with Crippen LogP contribution in [-0.2, 0) is 19.6 Å². The second kappa shape index (κ2) is 9.45. The Morgan fingerprint density at radius 1 is 1.06 bits per heavy atom. The number of nitriles is 1. The highest BCUT2D eigenvalue weighted by Gasteiger charge is 2.35. The number of rotatable bonds is 5. The number of ether oxygens (including phenoxy) is 1. The number of hydrogen-bond donors (Lipinski definition) is 0. The Labute approximate surface area is 193 Å². The summed E-state index contributed by atoms with van der Waals surface area (Å²) in [5, 5.41) is 17.9. The standard InChI is InChI=1S/C26H27N5O2/c27-17-19-10-12-22(13-11-19)33-18-20-6-4-7-21(16-20)26(32)30-15-5-8-23(30)25-29-28-24-9-2-1-3-14-31(24)25/h4,6-7,10-13,16,23H,1-3,5,8-9,14-15,18H2. The van der Waals surface area contributed by atoms with Crippen LogP contribution in [0.3, 0.4) is 0 Å². The Morgan fingerprint density at radius 2 is 1.94 bits per heavy atom. The molecule has 2 aliphatic rings. The molecule has 1 unspecified atom stereocenters. The molecule has 0 N–H and O–H groups in total. The van der Waals surface area contributed by atoms with E-state index in [1.807, 2.05) is 29.2 Å². The highest BCUT2D eigenvalue weighted by atomic mass is 16.5. The molecule has 1 saturated heterocycles. The Bertz CT molecular complexity index is 1180. The zero-order chi connectivity index (χ0) is 22.6. The van der Waals surface area contributed by atoms with E-state index in [1.54, 1.807) is 24.3 Å². The molecule has 1 aromatic heterocycles. The molecule has 168 valence electrons. The van der Waals surface area contributed by atoms with E-state index >= 15 is 0 Å². The second-order valence-corrected chi connectivity index (χ2v) is 8.72. The van der Waals surface area contributed by atoms with Gasteiger partial charge in [-0.1, -0.05) is 18.6 Å². The fourth-order valence-electron chi connectivity index (χ4n) is 4.78. The quantitative estimate of drug-likeness (QED) is 0.585. The number of aryl methyl sites for hydroxylation is 1. The summed E-state index contributed by atoms with van der Waals surface area (Å²) in [6, 6.07) is 16.7. The lowest BCUT2D eigenvalue weighted by molar-refractivity contribution is 0.0727. The smallest absolute Gasteiger partial charge is 0.254 e. The summed E-state index contributed by atoms with van der Waals surface area (Å²) < 4.78 is 8.11. The first-order chi connectivity index (χ1) is 16.2. The van der Waals surface area contributed by atoms with Gasteiger partial charge in [0.2, 0.25) is 0 Å². The largest absolute Gasteiger partial charge is 0.489 e. The van der Waals surface area contributed by atoms with Gasteiger partial charge in [0, 0.05) is 25.1 Å². The van der Waals surface area contributed by atoms with Gasteiger partial charge in [-0.3, -0.25) is 4.79 Å². The van der Waals surface area contributed by atoms with Crippen molar-refractivity contribution in [1.29, 1.82) is 5.26 Å². The van der Waals surface area contributed by atoms with Crippen molar-refractivity contribution in [2.24, 2.45) is 0 Å². The van der Waals surface area contributed by atoms with Crippen LogP contribution in [0.5, 0.6) is 5.75 Å². The fraction of sp³-hybridized carbons (Fsp3) is 0.385. The minimum Gasteiger partial charge on any atom is -0.489 e. The van der Waals surface area contributed by atoms with Gasteiger partial charge in [0.05, 0.1) is 17.7 Å². The molecule has 0 spiro atoms. The molecule has 1 fully saturated rings. The lowest BCUT2D eigenvalue weighted by Gasteiger charge is -2.25. The molecule has 0 radical (unpaired) electrons. The van der Waals surface area contributed by atoms with Crippen LogP contribution < -0.4 is 4.74 Å². The second-order valence-electron chi connectivity index (χ2n) is 8.72. The van der Waals surface area contributed by atoms with Gasteiger partial charge in [0.1, 0.15) is 18.2 Å². The average Bonchev–Trinajstić information content (AvgIpc) is 3.43. The van der Waals surface area contributed by atoms with Gasteiger partial charge in [0.15, 0.2) is 5.82 Å². The number of benzene rings is 2. The van der Waals surface area contributed by atoms with Crippen LogP contribution in [0.4, 0.5) is 0 Å². The number of nitrogens with zero attached hydrogens (tertiary/aromatic N) is 5. The zero-order valence-corrected chi connectivity index (χ0v) is 18.6. The fourth-order valence-corrected chi connectivity index (χ4v) is 4.78. The maximum absolute atomic E-state index is 13.5. The van der Waals surface area contributed by atoms with Crippen molar-refractivity contribution >= 4 is 5.91 Å². The Kier molecular flexibility index (Phi) is 6.07. The van der Waals surface area contributed by atoms with Gasteiger partial charge in [-0.05, 0) is 67.6 Å². The van der Waals surface area contributed by atoms with Gasteiger partial charge < -0.3 is 14.2 Å². The highest BCUT2D eigenvalue weighted by Crippen LogP contribution is 2.33. The van der Waals surface area contributed by atoms with Crippen molar-refractivity contribution in [2.75, 3.05) is 6.54 Å². The van der Waals surface area contributed by atoms with E-state index in [2.05, 4.69) is 20.8 Å². The van der Waals surface area contributed by atoms with Crippen LogP contribution in [0.25, 0.3) is 0 Å². The number of carbonyl (C=O) groups excluding carboxylic acids is 1. The van der Waals surface area contributed by atoms with Crippen LogP contribution in [0, 0.1) is 11.3 Å².